The molecule has 152 valence electrons. The third-order valence-corrected chi connectivity index (χ3v) is 4.01. The van der Waals surface area contributed by atoms with Gasteiger partial charge >= 0.3 is 0 Å². The number of rotatable bonds is 17. The molecule has 0 aromatic heterocycles. The molecule has 0 bridgehead atoms. The Morgan fingerprint density at radius 2 is 1.44 bits per heavy atom. The Kier molecular flexibility index (Phi) is 15.6. The van der Waals surface area contributed by atoms with E-state index in [1.165, 1.54) is 6.92 Å². The Bertz CT molecular complexity index is 300. The molecule has 0 aromatic carbocycles. The highest BCUT2D eigenvalue weighted by atomic mass is 16.5. The summed E-state index contributed by atoms with van der Waals surface area (Å²) in [5.41, 5.74) is 5.39. The van der Waals surface area contributed by atoms with Crippen LogP contribution in [0.1, 0.15) is 58.3 Å². The summed E-state index contributed by atoms with van der Waals surface area (Å²) in [6.07, 6.45) is 3.07. The van der Waals surface area contributed by atoms with Crippen LogP contribution in [0.4, 0.5) is 0 Å². The lowest BCUT2D eigenvalue weighted by atomic mass is 10.2. The minimum absolute atomic E-state index is 0.273. The maximum Gasteiger partial charge on any atom is 0.129 e. The van der Waals surface area contributed by atoms with E-state index < -0.39 is 18.7 Å². The average Bonchev–Trinajstić information content (AvgIpc) is 2.58. The van der Waals surface area contributed by atoms with Gasteiger partial charge in [-0.2, -0.15) is 10.1 Å². The van der Waals surface area contributed by atoms with Gasteiger partial charge in [-0.25, -0.2) is 0 Å². The fraction of sp³-hybridized carbons (Fsp3) is 1.00. The third-order valence-electron chi connectivity index (χ3n) is 4.01. The number of nitrogens with zero attached hydrogens (tertiary/aromatic N) is 2. The lowest BCUT2D eigenvalue weighted by Crippen LogP contribution is -2.36. The molecular formula is C16H38N4O5. The summed E-state index contributed by atoms with van der Waals surface area (Å²) in [7, 11) is 0. The number of nitrogens with one attached hydrogen (secondary N) is 1. The first-order valence-electron chi connectivity index (χ1n) is 9.27. The van der Waals surface area contributed by atoms with E-state index in [2.05, 4.69) is 5.32 Å². The molecule has 0 heterocycles. The molecule has 0 aliphatic carbocycles. The van der Waals surface area contributed by atoms with E-state index in [0.717, 1.165) is 48.7 Å². The van der Waals surface area contributed by atoms with Crippen molar-refractivity contribution in [2.45, 2.75) is 77.0 Å². The lowest BCUT2D eigenvalue weighted by Gasteiger charge is -2.22. The smallest absolute Gasteiger partial charge is 0.129 e. The molecule has 0 saturated heterocycles. The largest absolute Gasteiger partial charge is 0.379 e. The number of hydrogen-bond acceptors (Lipinski definition) is 9. The number of aliphatic hydroxyl groups excluding tert-OH is 3. The zero-order chi connectivity index (χ0) is 19.1. The molecule has 0 aromatic rings. The quantitative estimate of drug-likeness (QED) is 0.107. The Morgan fingerprint density at radius 3 is 2.04 bits per heavy atom. The van der Waals surface area contributed by atoms with Crippen LogP contribution in [0.5, 0.6) is 0 Å². The molecule has 0 radical (unpaired) electrons. The molecule has 0 aliphatic rings. The molecular weight excluding hydrogens is 328 g/mol. The van der Waals surface area contributed by atoms with Crippen molar-refractivity contribution in [3.63, 3.8) is 0 Å². The maximum atomic E-state index is 9.83. The number of aliphatic hydroxyl groups is 3. The van der Waals surface area contributed by atoms with Gasteiger partial charge < -0.3 is 31.5 Å². The first-order valence-corrected chi connectivity index (χ1v) is 9.27. The van der Waals surface area contributed by atoms with E-state index >= 15 is 0 Å². The summed E-state index contributed by atoms with van der Waals surface area (Å²) >= 11 is 0. The Labute approximate surface area is 151 Å². The highest BCUT2D eigenvalue weighted by Gasteiger charge is 2.14. The van der Waals surface area contributed by atoms with E-state index in [0.29, 0.717) is 32.6 Å². The number of nitrogens with two attached hydrogens (primary N) is 1. The van der Waals surface area contributed by atoms with Crippen LogP contribution in [0.2, 0.25) is 0 Å². The third kappa shape index (κ3) is 14.5. The monoisotopic (exact) mass is 366 g/mol. The predicted molar refractivity (Wildman–Crippen MR) is 94.7 cm³/mol. The van der Waals surface area contributed by atoms with Crippen molar-refractivity contribution in [1.29, 1.82) is 0 Å². The molecule has 0 fully saturated rings. The Hall–Kier alpha value is -0.360. The van der Waals surface area contributed by atoms with Crippen molar-refractivity contribution in [3.05, 3.63) is 0 Å². The van der Waals surface area contributed by atoms with Crippen LogP contribution in [0.25, 0.3) is 0 Å². The number of hydroxylamine groups is 4. The first kappa shape index (κ1) is 24.6. The van der Waals surface area contributed by atoms with E-state index in [9.17, 15) is 20.6 Å². The van der Waals surface area contributed by atoms with Gasteiger partial charge in [0.2, 0.25) is 0 Å². The second-order valence-electron chi connectivity index (χ2n) is 6.40. The van der Waals surface area contributed by atoms with Crippen molar-refractivity contribution >= 4 is 0 Å². The zero-order valence-corrected chi connectivity index (χ0v) is 15.4. The highest BCUT2D eigenvalue weighted by Crippen LogP contribution is 2.06. The van der Waals surface area contributed by atoms with E-state index in [1.54, 1.807) is 0 Å². The fourth-order valence-corrected chi connectivity index (χ4v) is 2.33. The predicted octanol–water partition coefficient (Wildman–Crippen LogP) is 0.0130. The molecule has 8 N–H and O–H groups in total. The van der Waals surface area contributed by atoms with Gasteiger partial charge in [-0.3, -0.25) is 5.32 Å². The molecule has 2 unspecified atom stereocenters. The average molecular weight is 367 g/mol. The second kappa shape index (κ2) is 15.9. The summed E-state index contributed by atoms with van der Waals surface area (Å²) in [6.45, 7) is 3.55. The highest BCUT2D eigenvalue weighted by molar-refractivity contribution is 4.60. The Morgan fingerprint density at radius 1 is 0.840 bits per heavy atom. The van der Waals surface area contributed by atoms with Gasteiger partial charge in [0.25, 0.3) is 0 Å². The Balaban J connectivity index is 3.57. The molecule has 3 atom stereocenters. The van der Waals surface area contributed by atoms with E-state index in [4.69, 9.17) is 10.8 Å². The molecule has 0 rings (SSSR count). The van der Waals surface area contributed by atoms with Crippen molar-refractivity contribution < 1.29 is 25.7 Å². The molecule has 0 aliphatic heterocycles. The van der Waals surface area contributed by atoms with E-state index in [1.807, 2.05) is 0 Å². The molecule has 9 heteroatoms. The molecule has 9 nitrogen and oxygen atoms in total. The van der Waals surface area contributed by atoms with Gasteiger partial charge in [-0.15, -0.1) is 0 Å². The van der Waals surface area contributed by atoms with Gasteiger partial charge in [0, 0.05) is 13.1 Å². The van der Waals surface area contributed by atoms with Gasteiger partial charge in [0.15, 0.2) is 0 Å². The van der Waals surface area contributed by atoms with Crippen LogP contribution < -0.4 is 11.1 Å². The van der Waals surface area contributed by atoms with Crippen LogP contribution in [0.15, 0.2) is 0 Å². The second-order valence-corrected chi connectivity index (χ2v) is 6.40. The van der Waals surface area contributed by atoms with Gasteiger partial charge in [0.1, 0.15) is 18.7 Å². The van der Waals surface area contributed by atoms with Crippen molar-refractivity contribution in [3.8, 4) is 0 Å². The molecule has 0 spiro atoms. The van der Waals surface area contributed by atoms with Crippen LogP contribution in [-0.4, -0.2) is 80.7 Å². The number of hydrogen-bond donors (Lipinski definition) is 7. The summed E-state index contributed by atoms with van der Waals surface area (Å²) in [5.74, 6) is 0. The minimum atomic E-state index is -0.981. The van der Waals surface area contributed by atoms with Gasteiger partial charge in [-0.1, -0.05) is 12.8 Å². The van der Waals surface area contributed by atoms with Gasteiger partial charge in [-0.05, 0) is 58.5 Å². The topological polar surface area (TPSA) is 146 Å². The maximum absolute atomic E-state index is 9.83. The van der Waals surface area contributed by atoms with E-state index in [-0.39, 0.29) is 6.42 Å². The SMILES string of the molecule is CC(O)N(O)CCCCCNC(O)CC[C@@H](O)N(O)CCCCCN. The van der Waals surface area contributed by atoms with Crippen molar-refractivity contribution in [2.75, 3.05) is 26.2 Å². The summed E-state index contributed by atoms with van der Waals surface area (Å²) in [5, 5.41) is 52.5. The summed E-state index contributed by atoms with van der Waals surface area (Å²) < 4.78 is 0. The van der Waals surface area contributed by atoms with Crippen LogP contribution in [0, 0.1) is 0 Å². The summed E-state index contributed by atoms with van der Waals surface area (Å²) in [4.78, 5) is 0. The lowest BCUT2D eigenvalue weighted by molar-refractivity contribution is -0.200. The fourth-order valence-electron chi connectivity index (χ4n) is 2.33. The minimum Gasteiger partial charge on any atom is -0.379 e. The van der Waals surface area contributed by atoms with Crippen LogP contribution in [-0.2, 0) is 0 Å². The first-order chi connectivity index (χ1) is 11.9. The molecule has 0 amide bonds. The molecule has 25 heavy (non-hydrogen) atoms. The standard InChI is InChI=1S/C16H38N4O5/c1-14(21)19(24)12-7-3-5-11-18-15(22)8-9-16(23)20(25)13-6-2-4-10-17/h14-16,18,21-25H,2-13,17H2,1H3/t14?,15?,16-/m1/s1. The zero-order valence-electron chi connectivity index (χ0n) is 15.4. The van der Waals surface area contributed by atoms with Crippen molar-refractivity contribution in [1.82, 2.24) is 15.4 Å². The van der Waals surface area contributed by atoms with Gasteiger partial charge in [0.05, 0.1) is 0 Å². The van der Waals surface area contributed by atoms with Crippen LogP contribution >= 0.6 is 0 Å². The van der Waals surface area contributed by atoms with Crippen molar-refractivity contribution in [2.24, 2.45) is 5.73 Å². The normalized spacial score (nSPS) is 15.7. The molecule has 0 saturated carbocycles. The van der Waals surface area contributed by atoms with Crippen LogP contribution in [0.3, 0.4) is 0 Å². The summed E-state index contributed by atoms with van der Waals surface area (Å²) in [6, 6.07) is 0. The number of unbranched alkanes of at least 4 members (excludes halogenated alkanes) is 4.